The summed E-state index contributed by atoms with van der Waals surface area (Å²) in [6.07, 6.45) is 0. The van der Waals surface area contributed by atoms with Crippen molar-refractivity contribution in [3.8, 4) is 11.5 Å². The highest BCUT2D eigenvalue weighted by Crippen LogP contribution is 2.24. The highest BCUT2D eigenvalue weighted by molar-refractivity contribution is 6.04. The maximum absolute atomic E-state index is 12.2. The maximum Gasteiger partial charge on any atom is 0.327 e. The smallest absolute Gasteiger partial charge is 0.327 e. The largest absolute Gasteiger partial charge is 0.497 e. The molecule has 1 fully saturated rings. The van der Waals surface area contributed by atoms with Crippen molar-refractivity contribution < 1.29 is 33.4 Å². The van der Waals surface area contributed by atoms with E-state index in [-0.39, 0.29) is 12.1 Å². The third-order valence-corrected chi connectivity index (χ3v) is 3.59. The number of carbonyl (C=O) groups is 4. The van der Waals surface area contributed by atoms with E-state index < -0.39 is 36.8 Å². The number of ether oxygens (including phenoxy) is 3. The summed E-state index contributed by atoms with van der Waals surface area (Å²) in [4.78, 5) is 49.3. The van der Waals surface area contributed by atoms with Gasteiger partial charge in [-0.3, -0.25) is 19.3 Å². The number of nitrogens with zero attached hydrogens (tertiary/aromatic N) is 2. The van der Waals surface area contributed by atoms with Crippen molar-refractivity contribution in [1.29, 1.82) is 0 Å². The zero-order valence-electron chi connectivity index (χ0n) is 14.1. The third kappa shape index (κ3) is 4.06. The fourth-order valence-corrected chi connectivity index (χ4v) is 2.25. The van der Waals surface area contributed by atoms with E-state index in [9.17, 15) is 19.2 Å². The summed E-state index contributed by atoms with van der Waals surface area (Å²) >= 11 is 0. The van der Waals surface area contributed by atoms with Crippen LogP contribution in [0.15, 0.2) is 18.2 Å². The van der Waals surface area contributed by atoms with E-state index in [1.807, 2.05) is 0 Å². The normalized spacial score (nSPS) is 13.9. The number of carbonyl (C=O) groups excluding carboxylic acids is 4. The molecule has 0 bridgehead atoms. The molecule has 0 radical (unpaired) electrons. The molecule has 0 saturated carbocycles. The van der Waals surface area contributed by atoms with Gasteiger partial charge in [-0.05, 0) is 18.2 Å². The zero-order valence-corrected chi connectivity index (χ0v) is 14.1. The van der Waals surface area contributed by atoms with Crippen LogP contribution in [0.25, 0.3) is 0 Å². The quantitative estimate of drug-likeness (QED) is 0.396. The van der Waals surface area contributed by atoms with Gasteiger partial charge in [0.2, 0.25) is 5.78 Å². The molecule has 3 amide bonds. The molecule has 0 N–H and O–H groups in total. The minimum atomic E-state index is -0.854. The molecule has 1 aromatic carbocycles. The van der Waals surface area contributed by atoms with Gasteiger partial charge in [-0.2, -0.15) is 0 Å². The maximum atomic E-state index is 12.2. The molecule has 1 aliphatic rings. The van der Waals surface area contributed by atoms with Crippen molar-refractivity contribution in [2.75, 3.05) is 41.0 Å². The molecule has 1 saturated heterocycles. The lowest BCUT2D eigenvalue weighted by Gasteiger charge is -2.13. The van der Waals surface area contributed by atoms with E-state index >= 15 is 0 Å². The number of ketones is 1. The zero-order chi connectivity index (χ0) is 18.6. The highest BCUT2D eigenvalue weighted by Gasteiger charge is 2.35. The SMILES string of the molecule is COc1ccc(OC)c(C(=O)COC(=O)CN2C(=O)CN(C)C2=O)c1. The predicted octanol–water partition coefficient (Wildman–Crippen LogP) is 0.324. The van der Waals surface area contributed by atoms with Crippen molar-refractivity contribution in [3.63, 3.8) is 0 Å². The summed E-state index contributed by atoms with van der Waals surface area (Å²) in [6.45, 7) is -1.18. The van der Waals surface area contributed by atoms with Gasteiger partial charge in [-0.1, -0.05) is 0 Å². The van der Waals surface area contributed by atoms with Crippen LogP contribution in [-0.2, 0) is 14.3 Å². The van der Waals surface area contributed by atoms with Crippen LogP contribution in [0.4, 0.5) is 4.79 Å². The van der Waals surface area contributed by atoms with Crippen LogP contribution in [0.3, 0.4) is 0 Å². The molecule has 0 atom stereocenters. The van der Waals surface area contributed by atoms with Gasteiger partial charge in [0.05, 0.1) is 19.8 Å². The summed E-state index contributed by atoms with van der Waals surface area (Å²) in [5.74, 6) is -1.09. The number of hydrogen-bond acceptors (Lipinski definition) is 7. The number of imide groups is 1. The van der Waals surface area contributed by atoms with Gasteiger partial charge in [-0.15, -0.1) is 0 Å². The fourth-order valence-electron chi connectivity index (χ4n) is 2.25. The molecule has 9 nitrogen and oxygen atoms in total. The van der Waals surface area contributed by atoms with E-state index in [0.717, 1.165) is 4.90 Å². The standard InChI is InChI=1S/C16H18N2O7/c1-17-7-14(20)18(16(17)22)8-15(21)25-9-12(19)11-6-10(23-2)4-5-13(11)24-3/h4-6H,7-9H2,1-3H3. The molecular formula is C16H18N2O7. The van der Waals surface area contributed by atoms with Crippen LogP contribution in [0.2, 0.25) is 0 Å². The molecule has 1 aliphatic heterocycles. The highest BCUT2D eigenvalue weighted by atomic mass is 16.5. The Labute approximate surface area is 144 Å². The molecule has 0 aliphatic carbocycles. The summed E-state index contributed by atoms with van der Waals surface area (Å²) in [6, 6.07) is 4.08. The summed E-state index contributed by atoms with van der Waals surface area (Å²) in [7, 11) is 4.31. The number of amides is 3. The first-order valence-corrected chi connectivity index (χ1v) is 7.33. The van der Waals surface area contributed by atoms with Crippen molar-refractivity contribution in [2.24, 2.45) is 0 Å². The molecule has 25 heavy (non-hydrogen) atoms. The van der Waals surface area contributed by atoms with Crippen LogP contribution in [0, 0.1) is 0 Å². The monoisotopic (exact) mass is 350 g/mol. The van der Waals surface area contributed by atoms with Crippen LogP contribution in [-0.4, -0.2) is 74.5 Å². The second-order valence-electron chi connectivity index (χ2n) is 5.27. The minimum absolute atomic E-state index is 0.0912. The topological polar surface area (TPSA) is 102 Å². The Morgan fingerprint density at radius 2 is 1.88 bits per heavy atom. The van der Waals surface area contributed by atoms with E-state index in [0.29, 0.717) is 11.5 Å². The van der Waals surface area contributed by atoms with Crippen LogP contribution in [0.1, 0.15) is 10.4 Å². The number of urea groups is 1. The molecule has 1 heterocycles. The van der Waals surface area contributed by atoms with E-state index in [1.165, 1.54) is 32.2 Å². The molecule has 2 rings (SSSR count). The summed E-state index contributed by atoms with van der Waals surface area (Å²) in [5.41, 5.74) is 0.197. The van der Waals surface area contributed by atoms with Gasteiger partial charge in [-0.25, -0.2) is 4.79 Å². The molecule has 9 heteroatoms. The van der Waals surface area contributed by atoms with Crippen LogP contribution >= 0.6 is 0 Å². The van der Waals surface area contributed by atoms with Crippen LogP contribution in [0.5, 0.6) is 11.5 Å². The van der Waals surface area contributed by atoms with Gasteiger partial charge in [0.1, 0.15) is 24.6 Å². The summed E-state index contributed by atoms with van der Waals surface area (Å²) in [5, 5.41) is 0. The van der Waals surface area contributed by atoms with E-state index in [1.54, 1.807) is 12.1 Å². The number of esters is 1. The lowest BCUT2D eigenvalue weighted by molar-refractivity contribution is -0.145. The molecule has 1 aromatic rings. The average Bonchev–Trinajstić information content (AvgIpc) is 2.85. The van der Waals surface area contributed by atoms with Gasteiger partial charge < -0.3 is 19.1 Å². The molecular weight excluding hydrogens is 332 g/mol. The number of Topliss-reactive ketones (excluding diaryl/α,β-unsaturated/α-hetero) is 1. The Hall–Kier alpha value is -3.10. The first kappa shape index (κ1) is 18.2. The Balaban J connectivity index is 1.97. The second kappa shape index (κ2) is 7.65. The number of methoxy groups -OCH3 is 2. The Bertz CT molecular complexity index is 716. The lowest BCUT2D eigenvalue weighted by atomic mass is 10.1. The lowest BCUT2D eigenvalue weighted by Crippen LogP contribution is -2.37. The number of hydrogen-bond donors (Lipinski definition) is 0. The molecule has 0 aromatic heterocycles. The van der Waals surface area contributed by atoms with Crippen molar-refractivity contribution in [1.82, 2.24) is 9.80 Å². The third-order valence-electron chi connectivity index (χ3n) is 3.59. The van der Waals surface area contributed by atoms with Gasteiger partial charge in [0.15, 0.2) is 6.61 Å². The second-order valence-corrected chi connectivity index (χ2v) is 5.27. The molecule has 134 valence electrons. The molecule has 0 unspecified atom stereocenters. The predicted molar refractivity (Wildman–Crippen MR) is 84.6 cm³/mol. The Morgan fingerprint density at radius 3 is 2.44 bits per heavy atom. The van der Waals surface area contributed by atoms with E-state index in [4.69, 9.17) is 14.2 Å². The Morgan fingerprint density at radius 1 is 1.16 bits per heavy atom. The molecule has 0 spiro atoms. The van der Waals surface area contributed by atoms with Gasteiger partial charge in [0, 0.05) is 7.05 Å². The Kier molecular flexibility index (Phi) is 5.58. The van der Waals surface area contributed by atoms with Crippen molar-refractivity contribution in [3.05, 3.63) is 23.8 Å². The summed E-state index contributed by atoms with van der Waals surface area (Å²) < 4.78 is 15.0. The average molecular weight is 350 g/mol. The fraction of sp³-hybridized carbons (Fsp3) is 0.375. The van der Waals surface area contributed by atoms with Crippen LogP contribution < -0.4 is 9.47 Å². The minimum Gasteiger partial charge on any atom is -0.497 e. The number of benzene rings is 1. The number of likely N-dealkylation sites (N-methyl/N-ethyl adjacent to an activating group) is 1. The number of rotatable bonds is 7. The van der Waals surface area contributed by atoms with Gasteiger partial charge in [0.25, 0.3) is 5.91 Å². The van der Waals surface area contributed by atoms with Crippen molar-refractivity contribution >= 4 is 23.7 Å². The van der Waals surface area contributed by atoms with Crippen molar-refractivity contribution in [2.45, 2.75) is 0 Å². The van der Waals surface area contributed by atoms with Gasteiger partial charge >= 0.3 is 12.0 Å². The van der Waals surface area contributed by atoms with E-state index in [2.05, 4.69) is 0 Å². The first-order valence-electron chi connectivity index (χ1n) is 7.33. The first-order chi connectivity index (χ1) is 11.9.